The van der Waals surface area contributed by atoms with Gasteiger partial charge in [0.05, 0.1) is 11.1 Å². The highest BCUT2D eigenvalue weighted by Gasteiger charge is 2.49. The smallest absolute Gasteiger partial charge is 0.305 e. The van der Waals surface area contributed by atoms with Gasteiger partial charge in [0.2, 0.25) is 10.0 Å². The highest BCUT2D eigenvalue weighted by atomic mass is 32.2. The molecule has 1 aromatic rings. The van der Waals surface area contributed by atoms with Crippen LogP contribution in [0, 0.1) is 5.92 Å². The molecule has 1 aliphatic heterocycles. The van der Waals surface area contributed by atoms with Crippen molar-refractivity contribution >= 4 is 27.7 Å². The summed E-state index contributed by atoms with van der Waals surface area (Å²) < 4.78 is 31.7. The maximum Gasteiger partial charge on any atom is 0.501 e. The predicted octanol–water partition coefficient (Wildman–Crippen LogP) is 0.439. The molecule has 1 fully saturated rings. The molecule has 1 aromatic heterocycles. The summed E-state index contributed by atoms with van der Waals surface area (Å²) in [5, 5.41) is 4.11. The molecule has 4 rings (SSSR count). The first-order chi connectivity index (χ1) is 15.0. The molecule has 0 spiro atoms. The van der Waals surface area contributed by atoms with Gasteiger partial charge in [0, 0.05) is 30.9 Å². The SMILES string of the molecule is CN(C)CC[N+]1=C2C=CC(S(=O)(=O)NC3(C)CC3)=CC2C(=O)N(Cc2cnn(C)c2)C1=O. The third kappa shape index (κ3) is 4.45. The third-order valence-corrected chi connectivity index (χ3v) is 7.59. The summed E-state index contributed by atoms with van der Waals surface area (Å²) in [4.78, 5) is 29.8. The van der Waals surface area contributed by atoms with E-state index in [2.05, 4.69) is 9.82 Å². The molecule has 2 heterocycles. The van der Waals surface area contributed by atoms with Gasteiger partial charge in [-0.15, -0.1) is 0 Å². The molecule has 2 aliphatic carbocycles. The maximum absolute atomic E-state index is 13.4. The highest BCUT2D eigenvalue weighted by Crippen LogP contribution is 2.36. The number of carbonyl (C=O) groups excluding carboxylic acids is 2. The Morgan fingerprint density at radius 3 is 2.59 bits per heavy atom. The number of aromatic nitrogens is 2. The lowest BCUT2D eigenvalue weighted by molar-refractivity contribution is -0.440. The number of urea groups is 1. The van der Waals surface area contributed by atoms with Gasteiger partial charge in [-0.3, -0.25) is 4.68 Å². The van der Waals surface area contributed by atoms with Gasteiger partial charge in [-0.2, -0.15) is 19.4 Å². The van der Waals surface area contributed by atoms with Gasteiger partial charge in [0.25, 0.3) is 0 Å². The number of imide groups is 1. The number of fused-ring (bicyclic) bond motifs is 1. The zero-order chi connectivity index (χ0) is 23.3. The van der Waals surface area contributed by atoms with Crippen molar-refractivity contribution in [2.45, 2.75) is 31.8 Å². The number of hydrogen-bond donors (Lipinski definition) is 1. The predicted molar refractivity (Wildman–Crippen MR) is 118 cm³/mol. The standard InChI is InChI=1S/C21H29N6O4S/c1-21(7-8-21)23-32(30,31)16-5-6-18-17(11-16)19(28)27(14-15-12-22-25(4)13-15)20(29)26(18)10-9-24(2)3/h5-6,11-13,17,23H,7-10,14H2,1-4H3/q+1. The molecule has 172 valence electrons. The summed E-state index contributed by atoms with van der Waals surface area (Å²) in [5.74, 6) is -1.29. The number of rotatable bonds is 8. The van der Waals surface area contributed by atoms with Crippen molar-refractivity contribution in [3.8, 4) is 0 Å². The Morgan fingerprint density at radius 2 is 2.00 bits per heavy atom. The molecule has 0 aromatic carbocycles. The molecule has 1 atom stereocenters. The summed E-state index contributed by atoms with van der Waals surface area (Å²) in [7, 11) is 1.80. The van der Waals surface area contributed by atoms with Crippen molar-refractivity contribution in [2.24, 2.45) is 13.0 Å². The first-order valence-electron chi connectivity index (χ1n) is 10.5. The van der Waals surface area contributed by atoms with Gasteiger partial charge in [-0.1, -0.05) is 0 Å². The maximum atomic E-state index is 13.4. The summed E-state index contributed by atoms with van der Waals surface area (Å²) in [6.45, 7) is 2.91. The first-order valence-corrected chi connectivity index (χ1v) is 12.0. The molecular formula is C21H29N6O4S+. The van der Waals surface area contributed by atoms with E-state index in [1.54, 1.807) is 34.8 Å². The number of hydrogen-bond acceptors (Lipinski definition) is 6. The number of carbonyl (C=O) groups is 2. The second kappa shape index (κ2) is 8.05. The Morgan fingerprint density at radius 1 is 1.28 bits per heavy atom. The van der Waals surface area contributed by atoms with Crippen molar-refractivity contribution in [3.05, 3.63) is 41.1 Å². The number of nitrogens with one attached hydrogen (secondary N) is 1. The lowest BCUT2D eigenvalue weighted by atomic mass is 9.94. The van der Waals surface area contributed by atoms with E-state index in [9.17, 15) is 18.0 Å². The van der Waals surface area contributed by atoms with Crippen LogP contribution < -0.4 is 4.72 Å². The van der Waals surface area contributed by atoms with Crippen molar-refractivity contribution < 1.29 is 22.6 Å². The Bertz CT molecular complexity index is 1160. The first kappa shape index (κ1) is 22.6. The fourth-order valence-electron chi connectivity index (χ4n) is 3.81. The number of sulfonamides is 1. The topological polar surface area (TPSA) is 108 Å². The van der Waals surface area contributed by atoms with Crippen LogP contribution in [0.5, 0.6) is 0 Å². The van der Waals surface area contributed by atoms with Gasteiger partial charge in [-0.05, 0) is 52.1 Å². The van der Waals surface area contributed by atoms with Gasteiger partial charge in [0.15, 0.2) is 0 Å². The minimum absolute atomic E-state index is 0.0518. The molecule has 0 saturated heterocycles. The molecule has 3 amide bonds. The van der Waals surface area contributed by atoms with Crippen LogP contribution >= 0.6 is 0 Å². The number of nitrogens with zero attached hydrogens (tertiary/aromatic N) is 5. The van der Waals surface area contributed by atoms with Gasteiger partial charge in [-0.25, -0.2) is 17.9 Å². The zero-order valence-electron chi connectivity index (χ0n) is 18.8. The average Bonchev–Trinajstić information content (AvgIpc) is 3.28. The summed E-state index contributed by atoms with van der Waals surface area (Å²) in [6.07, 6.45) is 9.44. The van der Waals surface area contributed by atoms with E-state index in [0.717, 1.165) is 18.4 Å². The zero-order valence-corrected chi connectivity index (χ0v) is 19.6. The van der Waals surface area contributed by atoms with Crippen LogP contribution in [-0.4, -0.2) is 82.9 Å². The van der Waals surface area contributed by atoms with Gasteiger partial charge < -0.3 is 4.90 Å². The van der Waals surface area contributed by atoms with Crippen molar-refractivity contribution in [1.82, 2.24) is 24.3 Å². The van der Waals surface area contributed by atoms with E-state index >= 15 is 0 Å². The van der Waals surface area contributed by atoms with Crippen LogP contribution in [0.1, 0.15) is 25.3 Å². The van der Waals surface area contributed by atoms with E-state index < -0.39 is 33.4 Å². The lowest BCUT2D eigenvalue weighted by Crippen LogP contribution is -2.55. The Labute approximate surface area is 187 Å². The highest BCUT2D eigenvalue weighted by molar-refractivity contribution is 7.93. The fraction of sp³-hybridized carbons (Fsp3) is 0.524. The molecule has 1 N–H and O–H groups in total. The van der Waals surface area contributed by atoms with E-state index in [0.29, 0.717) is 18.8 Å². The molecular weight excluding hydrogens is 432 g/mol. The van der Waals surface area contributed by atoms with Crippen LogP contribution in [-0.2, 0) is 28.4 Å². The van der Waals surface area contributed by atoms with E-state index in [1.807, 2.05) is 25.9 Å². The molecule has 3 aliphatic rings. The number of aryl methyl sites for hydroxylation is 1. The Balaban J connectivity index is 1.70. The van der Waals surface area contributed by atoms with Gasteiger partial charge >= 0.3 is 11.9 Å². The van der Waals surface area contributed by atoms with E-state index in [4.69, 9.17) is 0 Å². The lowest BCUT2D eigenvalue weighted by Gasteiger charge is -2.28. The molecule has 32 heavy (non-hydrogen) atoms. The Kier molecular flexibility index (Phi) is 5.68. The normalized spacial score (nSPS) is 22.5. The summed E-state index contributed by atoms with van der Waals surface area (Å²) in [6, 6.07) is -0.417. The molecule has 0 bridgehead atoms. The fourth-order valence-corrected chi connectivity index (χ4v) is 5.34. The molecule has 10 nitrogen and oxygen atoms in total. The van der Waals surface area contributed by atoms with Crippen LogP contribution in [0.4, 0.5) is 4.79 Å². The van der Waals surface area contributed by atoms with E-state index in [1.165, 1.54) is 17.1 Å². The number of amides is 3. The summed E-state index contributed by atoms with van der Waals surface area (Å²) in [5.41, 5.74) is 0.797. The molecule has 1 unspecified atom stereocenters. The number of likely N-dealkylation sites (N-methyl/N-ethyl adjacent to an activating group) is 1. The van der Waals surface area contributed by atoms with Crippen molar-refractivity contribution in [3.63, 3.8) is 0 Å². The second-order valence-electron chi connectivity index (χ2n) is 9.16. The van der Waals surface area contributed by atoms with Crippen molar-refractivity contribution in [2.75, 3.05) is 27.2 Å². The minimum atomic E-state index is -3.77. The van der Waals surface area contributed by atoms with Crippen molar-refractivity contribution in [1.29, 1.82) is 0 Å². The molecule has 0 radical (unpaired) electrons. The van der Waals surface area contributed by atoms with Gasteiger partial charge in [0.1, 0.15) is 24.7 Å². The second-order valence-corrected chi connectivity index (χ2v) is 10.8. The third-order valence-electron chi connectivity index (χ3n) is 5.93. The van der Waals surface area contributed by atoms with Crippen LogP contribution in [0.2, 0.25) is 0 Å². The summed E-state index contributed by atoms with van der Waals surface area (Å²) >= 11 is 0. The quantitative estimate of drug-likeness (QED) is 0.563. The molecule has 11 heteroatoms. The average molecular weight is 462 g/mol. The Hall–Kier alpha value is -2.63. The van der Waals surface area contributed by atoms with Crippen LogP contribution in [0.3, 0.4) is 0 Å². The van der Waals surface area contributed by atoms with Crippen LogP contribution in [0.25, 0.3) is 0 Å². The monoisotopic (exact) mass is 461 g/mol. The van der Waals surface area contributed by atoms with E-state index in [-0.39, 0.29) is 11.4 Å². The molecule has 1 saturated carbocycles. The number of allylic oxidation sites excluding steroid dienone is 2. The van der Waals surface area contributed by atoms with Crippen LogP contribution in [0.15, 0.2) is 35.5 Å². The minimum Gasteiger partial charge on any atom is -0.305 e. The largest absolute Gasteiger partial charge is 0.501 e.